The summed E-state index contributed by atoms with van der Waals surface area (Å²) in [7, 11) is 1.89. The first-order valence-corrected chi connectivity index (χ1v) is 4.87. The third-order valence-electron chi connectivity index (χ3n) is 2.63. The fourth-order valence-corrected chi connectivity index (χ4v) is 1.69. The predicted molar refractivity (Wildman–Crippen MR) is 55.4 cm³/mol. The molecule has 4 nitrogen and oxygen atoms in total. The molecule has 80 valence electrons. The molecule has 0 saturated carbocycles. The van der Waals surface area contributed by atoms with Gasteiger partial charge >= 0.3 is 5.97 Å². The number of carboxylic acids is 1. The molecule has 0 fully saturated rings. The van der Waals surface area contributed by atoms with Gasteiger partial charge in [0.2, 0.25) is 0 Å². The molecule has 0 aromatic heterocycles. The van der Waals surface area contributed by atoms with E-state index in [0.29, 0.717) is 18.4 Å². The molecule has 1 heterocycles. The van der Waals surface area contributed by atoms with E-state index >= 15 is 0 Å². The zero-order valence-electron chi connectivity index (χ0n) is 8.49. The summed E-state index contributed by atoms with van der Waals surface area (Å²) in [5.41, 5.74) is 1.34. The molecule has 0 amide bonds. The van der Waals surface area contributed by atoms with Gasteiger partial charge in [-0.2, -0.15) is 0 Å². The average molecular weight is 207 g/mol. The van der Waals surface area contributed by atoms with Crippen LogP contribution in [0.5, 0.6) is 5.75 Å². The molecule has 15 heavy (non-hydrogen) atoms. The van der Waals surface area contributed by atoms with Gasteiger partial charge in [-0.05, 0) is 31.2 Å². The summed E-state index contributed by atoms with van der Waals surface area (Å²) in [6.07, 6.45) is 0.881. The summed E-state index contributed by atoms with van der Waals surface area (Å²) in [6, 6.07) is 5.34. The lowest BCUT2D eigenvalue weighted by atomic mass is 10.0. The van der Waals surface area contributed by atoms with E-state index in [1.165, 1.54) is 0 Å². The molecule has 0 radical (unpaired) electrons. The summed E-state index contributed by atoms with van der Waals surface area (Å²) >= 11 is 0. The van der Waals surface area contributed by atoms with Crippen LogP contribution >= 0.6 is 0 Å². The predicted octanol–water partition coefficient (Wildman–Crippen LogP) is 0.908. The van der Waals surface area contributed by atoms with Crippen LogP contribution in [0.15, 0.2) is 18.2 Å². The van der Waals surface area contributed by atoms with Crippen molar-refractivity contribution in [2.75, 3.05) is 13.7 Å². The summed E-state index contributed by atoms with van der Waals surface area (Å²) in [6.45, 7) is 0.590. The minimum absolute atomic E-state index is 0.275. The van der Waals surface area contributed by atoms with Crippen LogP contribution in [0.3, 0.4) is 0 Å². The Labute approximate surface area is 87.9 Å². The molecule has 1 aliphatic heterocycles. The normalized spacial score (nSPS) is 19.1. The van der Waals surface area contributed by atoms with E-state index in [0.717, 1.165) is 12.0 Å². The molecule has 1 aromatic rings. The summed E-state index contributed by atoms with van der Waals surface area (Å²) in [4.78, 5) is 10.7. The summed E-state index contributed by atoms with van der Waals surface area (Å²) < 4.78 is 5.49. The summed E-state index contributed by atoms with van der Waals surface area (Å²) in [5, 5.41) is 12.0. The molecule has 0 aliphatic carbocycles. The molecule has 1 unspecified atom stereocenters. The third kappa shape index (κ3) is 1.94. The molecule has 2 N–H and O–H groups in total. The van der Waals surface area contributed by atoms with Gasteiger partial charge in [0, 0.05) is 6.04 Å². The Kier molecular flexibility index (Phi) is 2.60. The van der Waals surface area contributed by atoms with Gasteiger partial charge in [-0.25, -0.2) is 4.79 Å². The zero-order valence-corrected chi connectivity index (χ0v) is 8.49. The lowest BCUT2D eigenvalue weighted by molar-refractivity contribution is 0.0696. The lowest BCUT2D eigenvalue weighted by Crippen LogP contribution is -2.36. The number of carbonyl (C=O) groups is 1. The van der Waals surface area contributed by atoms with Crippen molar-refractivity contribution in [3.05, 3.63) is 29.3 Å². The Bertz CT molecular complexity index is 389. The van der Waals surface area contributed by atoms with E-state index in [-0.39, 0.29) is 5.56 Å². The van der Waals surface area contributed by atoms with Crippen molar-refractivity contribution in [3.8, 4) is 5.75 Å². The number of ether oxygens (including phenoxy) is 1. The highest BCUT2D eigenvalue weighted by atomic mass is 16.5. The minimum Gasteiger partial charge on any atom is -0.492 e. The van der Waals surface area contributed by atoms with Crippen LogP contribution in [0.1, 0.15) is 15.9 Å². The van der Waals surface area contributed by atoms with E-state index in [2.05, 4.69) is 5.32 Å². The van der Waals surface area contributed by atoms with Crippen LogP contribution in [-0.2, 0) is 6.42 Å². The van der Waals surface area contributed by atoms with Gasteiger partial charge in [0.15, 0.2) is 0 Å². The molecule has 0 bridgehead atoms. The molecule has 4 heteroatoms. The lowest BCUT2D eigenvalue weighted by Gasteiger charge is -2.25. The average Bonchev–Trinajstić information content (AvgIpc) is 2.27. The molecular formula is C11H13NO3. The number of nitrogens with one attached hydrogen (secondary N) is 1. The van der Waals surface area contributed by atoms with Crippen LogP contribution in [0.2, 0.25) is 0 Å². The Morgan fingerprint density at radius 1 is 1.60 bits per heavy atom. The number of hydrogen-bond acceptors (Lipinski definition) is 3. The van der Waals surface area contributed by atoms with Gasteiger partial charge in [0.25, 0.3) is 0 Å². The second-order valence-corrected chi connectivity index (χ2v) is 3.63. The number of rotatable bonds is 2. The van der Waals surface area contributed by atoms with Crippen molar-refractivity contribution in [2.24, 2.45) is 0 Å². The Hall–Kier alpha value is -1.55. The van der Waals surface area contributed by atoms with Crippen molar-refractivity contribution < 1.29 is 14.6 Å². The van der Waals surface area contributed by atoms with E-state index < -0.39 is 5.97 Å². The first-order chi connectivity index (χ1) is 7.20. The number of likely N-dealkylation sites (N-methyl/N-ethyl adjacent to an activating group) is 1. The summed E-state index contributed by atoms with van der Waals surface area (Å²) in [5.74, 6) is -0.224. The molecule has 1 atom stereocenters. The van der Waals surface area contributed by atoms with Crippen molar-refractivity contribution in [1.82, 2.24) is 5.32 Å². The molecule has 1 aliphatic rings. The fourth-order valence-electron chi connectivity index (χ4n) is 1.69. The second kappa shape index (κ2) is 3.90. The maximum atomic E-state index is 10.7. The number of aromatic carboxylic acids is 1. The van der Waals surface area contributed by atoms with E-state index in [1.807, 2.05) is 13.1 Å². The smallest absolute Gasteiger partial charge is 0.335 e. The third-order valence-corrected chi connectivity index (χ3v) is 2.63. The van der Waals surface area contributed by atoms with E-state index in [9.17, 15) is 4.79 Å². The van der Waals surface area contributed by atoms with Gasteiger partial charge in [0.1, 0.15) is 12.4 Å². The second-order valence-electron chi connectivity index (χ2n) is 3.63. The Morgan fingerprint density at radius 3 is 3.07 bits per heavy atom. The standard InChI is InChI=1S/C11H13NO3/c1-12-9-4-7-2-3-8(11(13)14)5-10(7)15-6-9/h2-3,5,9,12H,4,6H2,1H3,(H,13,14). The molecule has 2 rings (SSSR count). The first kappa shape index (κ1) is 9.98. The van der Waals surface area contributed by atoms with Crippen LogP contribution in [-0.4, -0.2) is 30.8 Å². The number of carboxylic acid groups (broad SMARTS) is 1. The number of fused-ring (bicyclic) bond motifs is 1. The highest BCUT2D eigenvalue weighted by Gasteiger charge is 2.19. The van der Waals surface area contributed by atoms with Crippen molar-refractivity contribution in [3.63, 3.8) is 0 Å². The van der Waals surface area contributed by atoms with Crippen LogP contribution in [0.25, 0.3) is 0 Å². The quantitative estimate of drug-likeness (QED) is 0.756. The minimum atomic E-state index is -0.919. The zero-order chi connectivity index (χ0) is 10.8. The highest BCUT2D eigenvalue weighted by Crippen LogP contribution is 2.25. The monoisotopic (exact) mass is 207 g/mol. The van der Waals surface area contributed by atoms with Crippen LogP contribution in [0.4, 0.5) is 0 Å². The first-order valence-electron chi connectivity index (χ1n) is 4.87. The van der Waals surface area contributed by atoms with Crippen LogP contribution in [0, 0.1) is 0 Å². The van der Waals surface area contributed by atoms with Crippen molar-refractivity contribution in [1.29, 1.82) is 0 Å². The molecule has 0 saturated heterocycles. The Balaban J connectivity index is 2.28. The maximum Gasteiger partial charge on any atom is 0.335 e. The molecule has 0 spiro atoms. The van der Waals surface area contributed by atoms with Gasteiger partial charge < -0.3 is 15.2 Å². The fraction of sp³-hybridized carbons (Fsp3) is 0.364. The SMILES string of the molecule is CNC1COc2cc(C(=O)O)ccc2C1. The van der Waals surface area contributed by atoms with E-state index in [4.69, 9.17) is 9.84 Å². The topological polar surface area (TPSA) is 58.6 Å². The van der Waals surface area contributed by atoms with Gasteiger partial charge in [-0.3, -0.25) is 0 Å². The van der Waals surface area contributed by atoms with E-state index in [1.54, 1.807) is 12.1 Å². The number of hydrogen-bond donors (Lipinski definition) is 2. The molecule has 1 aromatic carbocycles. The largest absolute Gasteiger partial charge is 0.492 e. The highest BCUT2D eigenvalue weighted by molar-refractivity contribution is 5.88. The van der Waals surface area contributed by atoms with Gasteiger partial charge in [0.05, 0.1) is 5.56 Å². The number of benzene rings is 1. The van der Waals surface area contributed by atoms with Crippen LogP contribution < -0.4 is 10.1 Å². The van der Waals surface area contributed by atoms with Gasteiger partial charge in [-0.1, -0.05) is 6.07 Å². The van der Waals surface area contributed by atoms with Crippen molar-refractivity contribution >= 4 is 5.97 Å². The Morgan fingerprint density at radius 2 is 2.40 bits per heavy atom. The van der Waals surface area contributed by atoms with Gasteiger partial charge in [-0.15, -0.1) is 0 Å². The maximum absolute atomic E-state index is 10.7. The molecular weight excluding hydrogens is 194 g/mol. The van der Waals surface area contributed by atoms with Crippen molar-refractivity contribution in [2.45, 2.75) is 12.5 Å².